The summed E-state index contributed by atoms with van der Waals surface area (Å²) in [5, 5.41) is 0. The van der Waals surface area contributed by atoms with Crippen LogP contribution < -0.4 is 0 Å². The molecule has 0 amide bonds. The SMILES string of the molecule is CC1=[C](C)[Ge]([Br])([Br])[C](C)=C1C. The normalized spacial score (nSPS) is 23.5. The Balaban J connectivity index is 3.27. The quantitative estimate of drug-likeness (QED) is 0.585. The molecule has 0 aromatic rings. The molecule has 0 N–H and O–H groups in total. The molecule has 62 valence electrons. The summed E-state index contributed by atoms with van der Waals surface area (Å²) in [6.45, 7) is 8.89. The van der Waals surface area contributed by atoms with Crippen LogP contribution in [0, 0.1) is 0 Å². The first kappa shape index (κ1) is 10.1. The molecule has 1 aliphatic rings. The summed E-state index contributed by atoms with van der Waals surface area (Å²) in [6, 6.07) is 0. The van der Waals surface area contributed by atoms with E-state index in [0.29, 0.717) is 0 Å². The summed E-state index contributed by atoms with van der Waals surface area (Å²) in [5.41, 5.74) is 2.97. The van der Waals surface area contributed by atoms with E-state index in [9.17, 15) is 0 Å². The van der Waals surface area contributed by atoms with E-state index in [-0.39, 0.29) is 0 Å². The van der Waals surface area contributed by atoms with Gasteiger partial charge in [0.25, 0.3) is 0 Å². The van der Waals surface area contributed by atoms with Crippen molar-refractivity contribution in [2.24, 2.45) is 0 Å². The number of hydrogen-bond acceptors (Lipinski definition) is 0. The van der Waals surface area contributed by atoms with Gasteiger partial charge in [0.05, 0.1) is 0 Å². The predicted molar refractivity (Wildman–Crippen MR) is 60.4 cm³/mol. The van der Waals surface area contributed by atoms with Crippen LogP contribution >= 0.6 is 28.0 Å². The minimum atomic E-state index is -1.99. The van der Waals surface area contributed by atoms with Crippen molar-refractivity contribution in [3.63, 3.8) is 0 Å². The summed E-state index contributed by atoms with van der Waals surface area (Å²) >= 11 is 7.68. The first-order valence-corrected chi connectivity index (χ1v) is 15.6. The van der Waals surface area contributed by atoms with Crippen LogP contribution in [-0.2, 0) is 0 Å². The Labute approximate surface area is 84.7 Å². The van der Waals surface area contributed by atoms with Crippen molar-refractivity contribution in [1.29, 1.82) is 0 Å². The Kier molecular flexibility index (Phi) is 2.78. The van der Waals surface area contributed by atoms with Crippen LogP contribution in [0.3, 0.4) is 0 Å². The average molecular weight is 341 g/mol. The third-order valence-corrected chi connectivity index (χ3v) is 20.5. The molecular formula is C8H12Br2Ge. The molecule has 0 aliphatic carbocycles. The standard InChI is InChI=1S/C8H12Br2Ge/c1-5-6(2)8(4)11(9,10)7(5)3/h1-4H3. The zero-order valence-electron chi connectivity index (χ0n) is 7.26. The van der Waals surface area contributed by atoms with Gasteiger partial charge >= 0.3 is 85.2 Å². The Hall–Kier alpha value is 0.983. The van der Waals surface area contributed by atoms with Gasteiger partial charge in [-0.15, -0.1) is 0 Å². The molecular weight excluding hydrogens is 329 g/mol. The van der Waals surface area contributed by atoms with E-state index in [2.05, 4.69) is 55.7 Å². The Morgan fingerprint density at radius 2 is 1.09 bits per heavy atom. The van der Waals surface area contributed by atoms with E-state index >= 15 is 0 Å². The molecule has 0 spiro atoms. The van der Waals surface area contributed by atoms with Crippen LogP contribution in [0.5, 0.6) is 0 Å². The molecule has 0 aromatic carbocycles. The molecule has 0 fully saturated rings. The van der Waals surface area contributed by atoms with E-state index in [1.54, 1.807) is 8.81 Å². The fourth-order valence-corrected chi connectivity index (χ4v) is 11.4. The summed E-state index contributed by atoms with van der Waals surface area (Å²) in [6.07, 6.45) is 0. The van der Waals surface area contributed by atoms with E-state index in [0.717, 1.165) is 0 Å². The molecule has 11 heavy (non-hydrogen) atoms. The van der Waals surface area contributed by atoms with Gasteiger partial charge in [-0.3, -0.25) is 0 Å². The van der Waals surface area contributed by atoms with Gasteiger partial charge in [0.2, 0.25) is 0 Å². The third-order valence-electron chi connectivity index (χ3n) is 2.63. The maximum atomic E-state index is 3.84. The molecule has 0 unspecified atom stereocenters. The van der Waals surface area contributed by atoms with Gasteiger partial charge in [-0.1, -0.05) is 0 Å². The summed E-state index contributed by atoms with van der Waals surface area (Å²) in [4.78, 5) is 0. The van der Waals surface area contributed by atoms with E-state index in [1.807, 2.05) is 0 Å². The summed E-state index contributed by atoms with van der Waals surface area (Å²) < 4.78 is 3.11. The number of hydrogen-bond donors (Lipinski definition) is 0. The van der Waals surface area contributed by atoms with Crippen molar-refractivity contribution in [3.8, 4) is 0 Å². The molecule has 0 atom stereocenters. The number of rotatable bonds is 0. The van der Waals surface area contributed by atoms with Crippen LogP contribution in [0.1, 0.15) is 27.7 Å². The van der Waals surface area contributed by atoms with Gasteiger partial charge in [-0.05, 0) is 0 Å². The zero-order chi connectivity index (χ0) is 8.81. The molecule has 1 heterocycles. The molecule has 0 saturated carbocycles. The zero-order valence-corrected chi connectivity index (χ0v) is 12.5. The van der Waals surface area contributed by atoms with Crippen molar-refractivity contribution < 1.29 is 0 Å². The van der Waals surface area contributed by atoms with Gasteiger partial charge in [0.15, 0.2) is 0 Å². The molecule has 0 saturated heterocycles. The van der Waals surface area contributed by atoms with Gasteiger partial charge in [-0.2, -0.15) is 0 Å². The molecule has 0 aromatic heterocycles. The second-order valence-electron chi connectivity index (χ2n) is 3.07. The Morgan fingerprint density at radius 3 is 1.18 bits per heavy atom. The summed E-state index contributed by atoms with van der Waals surface area (Å²) in [5.74, 6) is 0. The molecule has 0 bridgehead atoms. The van der Waals surface area contributed by atoms with Crippen molar-refractivity contribution in [2.75, 3.05) is 0 Å². The van der Waals surface area contributed by atoms with Crippen molar-refractivity contribution in [1.82, 2.24) is 0 Å². The second kappa shape index (κ2) is 3.04. The first-order chi connectivity index (χ1) is 4.89. The van der Waals surface area contributed by atoms with Gasteiger partial charge in [0, 0.05) is 0 Å². The number of halogens is 2. The molecule has 1 aliphatic heterocycles. The van der Waals surface area contributed by atoms with Crippen molar-refractivity contribution in [3.05, 3.63) is 20.0 Å². The van der Waals surface area contributed by atoms with E-state index in [1.165, 1.54) is 11.1 Å². The molecule has 0 radical (unpaired) electrons. The van der Waals surface area contributed by atoms with Gasteiger partial charge in [0.1, 0.15) is 0 Å². The van der Waals surface area contributed by atoms with Crippen LogP contribution in [-0.4, -0.2) is 9.58 Å². The van der Waals surface area contributed by atoms with E-state index in [4.69, 9.17) is 0 Å². The minimum absolute atomic E-state index is 1.48. The van der Waals surface area contributed by atoms with Crippen LogP contribution in [0.2, 0.25) is 0 Å². The van der Waals surface area contributed by atoms with Gasteiger partial charge in [-0.25, -0.2) is 0 Å². The predicted octanol–water partition coefficient (Wildman–Crippen LogP) is 3.98. The molecule has 3 heteroatoms. The second-order valence-corrected chi connectivity index (χ2v) is 26.5. The van der Waals surface area contributed by atoms with Gasteiger partial charge < -0.3 is 0 Å². The molecule has 1 rings (SSSR count). The van der Waals surface area contributed by atoms with Crippen LogP contribution in [0.25, 0.3) is 0 Å². The fraction of sp³-hybridized carbons (Fsp3) is 0.500. The van der Waals surface area contributed by atoms with E-state index < -0.39 is 9.58 Å². The van der Waals surface area contributed by atoms with Crippen LogP contribution in [0.4, 0.5) is 0 Å². The average Bonchev–Trinajstić information content (AvgIpc) is 2.06. The Bertz CT molecular complexity index is 235. The first-order valence-electron chi connectivity index (χ1n) is 3.63. The fourth-order valence-electron chi connectivity index (χ4n) is 1.31. The topological polar surface area (TPSA) is 0 Å². The number of allylic oxidation sites excluding steroid dienone is 4. The third kappa shape index (κ3) is 1.42. The van der Waals surface area contributed by atoms with Crippen LogP contribution in [0.15, 0.2) is 20.0 Å². The van der Waals surface area contributed by atoms with Crippen molar-refractivity contribution >= 4 is 37.6 Å². The monoisotopic (exact) mass is 340 g/mol. The Morgan fingerprint density at radius 1 is 0.818 bits per heavy atom. The van der Waals surface area contributed by atoms with Crippen molar-refractivity contribution in [2.45, 2.75) is 27.7 Å². The molecule has 0 nitrogen and oxygen atoms in total. The summed E-state index contributed by atoms with van der Waals surface area (Å²) in [7, 11) is -1.99. The maximum absolute atomic E-state index is 3.84.